The molecule has 2 nitrogen and oxygen atoms in total. The molecule has 0 heterocycles. The normalized spacial score (nSPS) is 11.3. The molecule has 0 fully saturated rings. The van der Waals surface area contributed by atoms with Crippen molar-refractivity contribution in [2.75, 3.05) is 13.1 Å². The third-order valence-corrected chi connectivity index (χ3v) is 3.46. The zero-order chi connectivity index (χ0) is 14.4. The summed E-state index contributed by atoms with van der Waals surface area (Å²) in [5.41, 5.74) is 7.94. The Kier molecular flexibility index (Phi) is 6.76. The third-order valence-electron chi connectivity index (χ3n) is 2.90. The van der Waals surface area contributed by atoms with E-state index in [1.165, 1.54) is 5.56 Å². The van der Waals surface area contributed by atoms with Crippen LogP contribution in [0.25, 0.3) is 0 Å². The predicted octanol–water partition coefficient (Wildman–Crippen LogP) is 3.78. The number of hydrogen-bond acceptors (Lipinski definition) is 2. The van der Waals surface area contributed by atoms with Crippen molar-refractivity contribution < 1.29 is 0 Å². The molecule has 1 aromatic rings. The van der Waals surface area contributed by atoms with Crippen LogP contribution >= 0.6 is 23.8 Å². The van der Waals surface area contributed by atoms with Gasteiger partial charge in [-0.05, 0) is 30.0 Å². The molecule has 0 aliphatic heterocycles. The van der Waals surface area contributed by atoms with Gasteiger partial charge in [0.15, 0.2) is 0 Å². The van der Waals surface area contributed by atoms with Gasteiger partial charge in [0.2, 0.25) is 0 Å². The van der Waals surface area contributed by atoms with Gasteiger partial charge in [0.05, 0.1) is 4.99 Å². The van der Waals surface area contributed by atoms with Crippen molar-refractivity contribution in [3.05, 3.63) is 34.3 Å². The number of aryl methyl sites for hydroxylation is 1. The van der Waals surface area contributed by atoms with Gasteiger partial charge >= 0.3 is 0 Å². The first kappa shape index (κ1) is 16.4. The smallest absolute Gasteiger partial charge is 0.0740 e. The molecule has 1 aromatic carbocycles. The Morgan fingerprint density at radius 1 is 1.42 bits per heavy atom. The van der Waals surface area contributed by atoms with Crippen LogP contribution in [0.4, 0.5) is 0 Å². The van der Waals surface area contributed by atoms with Crippen molar-refractivity contribution in [1.29, 1.82) is 0 Å². The van der Waals surface area contributed by atoms with E-state index < -0.39 is 0 Å². The second-order valence-corrected chi connectivity index (χ2v) is 6.37. The fraction of sp³-hybridized carbons (Fsp3) is 0.533. The molecule has 0 amide bonds. The Morgan fingerprint density at radius 3 is 2.63 bits per heavy atom. The minimum atomic E-state index is 0.573. The second-order valence-electron chi connectivity index (χ2n) is 5.44. The highest BCUT2D eigenvalue weighted by atomic mass is 35.5. The van der Waals surface area contributed by atoms with Gasteiger partial charge in [0.1, 0.15) is 0 Å². The molecule has 0 aliphatic carbocycles. The molecule has 0 aromatic heterocycles. The molecule has 0 bridgehead atoms. The van der Waals surface area contributed by atoms with Crippen LogP contribution in [-0.2, 0) is 6.54 Å². The average molecular weight is 299 g/mol. The van der Waals surface area contributed by atoms with E-state index in [4.69, 9.17) is 29.6 Å². The molecule has 0 unspecified atom stereocenters. The van der Waals surface area contributed by atoms with Crippen LogP contribution in [-0.4, -0.2) is 23.0 Å². The third kappa shape index (κ3) is 6.37. The Hall–Kier alpha value is -0.640. The van der Waals surface area contributed by atoms with E-state index in [1.54, 1.807) is 0 Å². The summed E-state index contributed by atoms with van der Waals surface area (Å²) in [6.45, 7) is 9.23. The lowest BCUT2D eigenvalue weighted by Crippen LogP contribution is -2.30. The van der Waals surface area contributed by atoms with Gasteiger partial charge in [-0.2, -0.15) is 0 Å². The summed E-state index contributed by atoms with van der Waals surface area (Å²) in [5.74, 6) is 0.607. The number of nitrogens with zero attached hydrogens (tertiary/aromatic N) is 1. The minimum absolute atomic E-state index is 0.573. The lowest BCUT2D eigenvalue weighted by Gasteiger charge is -2.24. The number of halogens is 1. The fourth-order valence-corrected chi connectivity index (χ4v) is 2.43. The molecule has 0 spiro atoms. The van der Waals surface area contributed by atoms with Crippen molar-refractivity contribution >= 4 is 28.8 Å². The quantitative estimate of drug-likeness (QED) is 0.777. The summed E-state index contributed by atoms with van der Waals surface area (Å²) in [4.78, 5) is 2.93. The molecule has 0 saturated carbocycles. The van der Waals surface area contributed by atoms with Crippen molar-refractivity contribution in [3.8, 4) is 0 Å². The van der Waals surface area contributed by atoms with Gasteiger partial charge in [0.25, 0.3) is 0 Å². The lowest BCUT2D eigenvalue weighted by molar-refractivity contribution is 0.243. The van der Waals surface area contributed by atoms with Gasteiger partial charge in [-0.1, -0.05) is 49.8 Å². The minimum Gasteiger partial charge on any atom is -0.393 e. The number of benzene rings is 1. The lowest BCUT2D eigenvalue weighted by atomic mass is 10.1. The molecule has 1 rings (SSSR count). The SMILES string of the molecule is Cc1ccc(CN(CCC(N)=S)CC(C)C)c(Cl)c1. The number of rotatable bonds is 7. The topological polar surface area (TPSA) is 29.3 Å². The second kappa shape index (κ2) is 7.83. The summed E-state index contributed by atoms with van der Waals surface area (Å²) in [6.07, 6.45) is 0.755. The van der Waals surface area contributed by atoms with Crippen LogP contribution in [0.5, 0.6) is 0 Å². The first-order chi connectivity index (χ1) is 8.88. The summed E-state index contributed by atoms with van der Waals surface area (Å²) >= 11 is 11.3. The van der Waals surface area contributed by atoms with Crippen LogP contribution in [0.15, 0.2) is 18.2 Å². The first-order valence-electron chi connectivity index (χ1n) is 6.64. The molecule has 4 heteroatoms. The van der Waals surface area contributed by atoms with Gasteiger partial charge in [-0.15, -0.1) is 0 Å². The highest BCUT2D eigenvalue weighted by Crippen LogP contribution is 2.20. The van der Waals surface area contributed by atoms with E-state index in [2.05, 4.69) is 37.8 Å². The summed E-state index contributed by atoms with van der Waals surface area (Å²) in [5, 5.41) is 0.837. The molecule has 106 valence electrons. The number of nitrogens with two attached hydrogens (primary N) is 1. The molecule has 19 heavy (non-hydrogen) atoms. The van der Waals surface area contributed by atoms with Gasteiger partial charge in [-0.25, -0.2) is 0 Å². The number of thiocarbonyl (C=S) groups is 1. The Labute approximate surface area is 126 Å². The van der Waals surface area contributed by atoms with Crippen molar-refractivity contribution in [3.63, 3.8) is 0 Å². The van der Waals surface area contributed by atoms with Gasteiger partial charge in [0, 0.05) is 31.1 Å². The predicted molar refractivity (Wildman–Crippen MR) is 87.7 cm³/mol. The highest BCUT2D eigenvalue weighted by molar-refractivity contribution is 7.80. The van der Waals surface area contributed by atoms with E-state index in [1.807, 2.05) is 6.07 Å². The standard InChI is InChI=1S/C15H23ClN2S/c1-11(2)9-18(7-6-15(17)19)10-13-5-4-12(3)8-14(13)16/h4-5,8,11H,6-7,9-10H2,1-3H3,(H2,17,19). The largest absolute Gasteiger partial charge is 0.393 e. The van der Waals surface area contributed by atoms with Crippen LogP contribution in [0.2, 0.25) is 5.02 Å². The summed E-state index contributed by atoms with van der Waals surface area (Å²) in [6, 6.07) is 6.21. The fourth-order valence-electron chi connectivity index (χ4n) is 2.04. The van der Waals surface area contributed by atoms with Crippen molar-refractivity contribution in [1.82, 2.24) is 4.90 Å². The van der Waals surface area contributed by atoms with Crippen molar-refractivity contribution in [2.24, 2.45) is 11.7 Å². The first-order valence-corrected chi connectivity index (χ1v) is 7.42. The van der Waals surface area contributed by atoms with E-state index in [0.717, 1.165) is 36.6 Å². The number of hydrogen-bond donors (Lipinski definition) is 1. The van der Waals surface area contributed by atoms with Crippen LogP contribution in [0.1, 0.15) is 31.4 Å². The van der Waals surface area contributed by atoms with E-state index in [0.29, 0.717) is 10.9 Å². The maximum atomic E-state index is 6.30. The Bertz CT molecular complexity index is 432. The van der Waals surface area contributed by atoms with E-state index >= 15 is 0 Å². The monoisotopic (exact) mass is 298 g/mol. The van der Waals surface area contributed by atoms with E-state index in [-0.39, 0.29) is 0 Å². The molecule has 0 aliphatic rings. The van der Waals surface area contributed by atoms with Crippen molar-refractivity contribution in [2.45, 2.75) is 33.7 Å². The molecule has 0 saturated heterocycles. The summed E-state index contributed by atoms with van der Waals surface area (Å²) in [7, 11) is 0. The zero-order valence-electron chi connectivity index (χ0n) is 11.9. The zero-order valence-corrected chi connectivity index (χ0v) is 13.5. The van der Waals surface area contributed by atoms with Gasteiger partial charge < -0.3 is 5.73 Å². The van der Waals surface area contributed by atoms with Crippen LogP contribution in [0.3, 0.4) is 0 Å². The Balaban J connectivity index is 2.72. The molecular formula is C15H23ClN2S. The van der Waals surface area contributed by atoms with Crippen LogP contribution in [0, 0.1) is 12.8 Å². The Morgan fingerprint density at radius 2 is 2.11 bits per heavy atom. The molecule has 0 radical (unpaired) electrons. The summed E-state index contributed by atoms with van der Waals surface area (Å²) < 4.78 is 0. The highest BCUT2D eigenvalue weighted by Gasteiger charge is 2.11. The average Bonchev–Trinajstić information content (AvgIpc) is 2.28. The maximum absolute atomic E-state index is 6.30. The molecule has 2 N–H and O–H groups in total. The van der Waals surface area contributed by atoms with Crippen LogP contribution < -0.4 is 5.73 Å². The van der Waals surface area contributed by atoms with Gasteiger partial charge in [-0.3, -0.25) is 4.90 Å². The molecule has 0 atom stereocenters. The maximum Gasteiger partial charge on any atom is 0.0740 e. The van der Waals surface area contributed by atoms with E-state index in [9.17, 15) is 0 Å². The molecular weight excluding hydrogens is 276 g/mol.